The molecule has 0 radical (unpaired) electrons. The van der Waals surface area contributed by atoms with Gasteiger partial charge in [0.1, 0.15) is 18.1 Å². The van der Waals surface area contributed by atoms with Gasteiger partial charge in [-0.1, -0.05) is 6.07 Å². The van der Waals surface area contributed by atoms with Crippen LogP contribution in [0.4, 0.5) is 5.69 Å². The van der Waals surface area contributed by atoms with Crippen molar-refractivity contribution in [3.8, 4) is 11.5 Å². The first-order valence-corrected chi connectivity index (χ1v) is 7.36. The van der Waals surface area contributed by atoms with Crippen molar-refractivity contribution in [2.45, 2.75) is 13.8 Å². The first-order chi connectivity index (χ1) is 11.4. The van der Waals surface area contributed by atoms with Crippen molar-refractivity contribution < 1.29 is 24.2 Å². The maximum absolute atomic E-state index is 11.9. The summed E-state index contributed by atoms with van der Waals surface area (Å²) in [6.45, 7) is 3.36. The van der Waals surface area contributed by atoms with E-state index in [-0.39, 0.29) is 12.5 Å². The molecule has 24 heavy (non-hydrogen) atoms. The molecule has 0 saturated carbocycles. The second-order valence-corrected chi connectivity index (χ2v) is 5.27. The normalized spacial score (nSPS) is 10.1. The molecule has 6 heteroatoms. The van der Waals surface area contributed by atoms with Gasteiger partial charge in [0.15, 0.2) is 6.61 Å². The number of carboxylic acids is 1. The summed E-state index contributed by atoms with van der Waals surface area (Å²) in [5.74, 6) is -0.574. The van der Waals surface area contributed by atoms with Gasteiger partial charge in [-0.2, -0.15) is 0 Å². The largest absolute Gasteiger partial charge is 0.546 e. The third kappa shape index (κ3) is 5.31. The van der Waals surface area contributed by atoms with Gasteiger partial charge in [0, 0.05) is 5.69 Å². The number of ether oxygens (including phenoxy) is 2. The summed E-state index contributed by atoms with van der Waals surface area (Å²) < 4.78 is 10.4. The first-order valence-electron chi connectivity index (χ1n) is 7.36. The van der Waals surface area contributed by atoms with Crippen LogP contribution in [0.3, 0.4) is 0 Å². The number of hydrogen-bond donors (Lipinski definition) is 1. The highest BCUT2D eigenvalue weighted by Gasteiger charge is 2.05. The van der Waals surface area contributed by atoms with Crippen LogP contribution in [-0.2, 0) is 9.59 Å². The molecule has 0 fully saturated rings. The predicted octanol–water partition coefficient (Wildman–Crippen LogP) is 1.45. The van der Waals surface area contributed by atoms with E-state index in [2.05, 4.69) is 5.32 Å². The SMILES string of the molecule is Cc1ccc(OCC(=O)Nc2ccc(OCC(=O)[O-])cc2)cc1C. The Bertz CT molecular complexity index is 725. The molecule has 0 bridgehead atoms. The molecule has 0 unspecified atom stereocenters. The monoisotopic (exact) mass is 328 g/mol. The molecule has 2 rings (SSSR count). The number of carbonyl (C=O) groups excluding carboxylic acids is 2. The van der Waals surface area contributed by atoms with Gasteiger partial charge in [-0.05, 0) is 61.4 Å². The zero-order chi connectivity index (χ0) is 17.5. The smallest absolute Gasteiger partial charge is 0.262 e. The number of carbonyl (C=O) groups is 2. The minimum Gasteiger partial charge on any atom is -0.546 e. The first kappa shape index (κ1) is 17.3. The van der Waals surface area contributed by atoms with Crippen LogP contribution in [0, 0.1) is 13.8 Å². The molecule has 0 aromatic heterocycles. The summed E-state index contributed by atoms with van der Waals surface area (Å²) in [5.41, 5.74) is 2.82. The van der Waals surface area contributed by atoms with E-state index in [0.717, 1.165) is 11.1 Å². The van der Waals surface area contributed by atoms with Crippen LogP contribution in [-0.4, -0.2) is 25.1 Å². The third-order valence-electron chi connectivity index (χ3n) is 3.34. The van der Waals surface area contributed by atoms with Gasteiger partial charge in [-0.25, -0.2) is 0 Å². The Kier molecular flexibility index (Phi) is 5.78. The van der Waals surface area contributed by atoms with Gasteiger partial charge >= 0.3 is 0 Å². The van der Waals surface area contributed by atoms with E-state index in [1.807, 2.05) is 32.0 Å². The molecule has 2 aromatic rings. The van der Waals surface area contributed by atoms with Gasteiger partial charge in [-0.15, -0.1) is 0 Å². The lowest BCUT2D eigenvalue weighted by Crippen LogP contribution is -2.28. The van der Waals surface area contributed by atoms with Crippen LogP contribution < -0.4 is 19.9 Å². The van der Waals surface area contributed by atoms with Crippen molar-refractivity contribution in [1.82, 2.24) is 0 Å². The number of aliphatic carboxylic acids is 1. The maximum Gasteiger partial charge on any atom is 0.262 e. The van der Waals surface area contributed by atoms with Crippen molar-refractivity contribution in [2.24, 2.45) is 0 Å². The predicted molar refractivity (Wildman–Crippen MR) is 87.0 cm³/mol. The Morgan fingerprint density at radius 1 is 0.917 bits per heavy atom. The van der Waals surface area contributed by atoms with Crippen molar-refractivity contribution in [3.05, 3.63) is 53.6 Å². The highest BCUT2D eigenvalue weighted by atomic mass is 16.5. The fourth-order valence-electron chi connectivity index (χ4n) is 1.93. The van der Waals surface area contributed by atoms with Gasteiger partial charge in [0.2, 0.25) is 0 Å². The quantitative estimate of drug-likeness (QED) is 0.831. The fraction of sp³-hybridized carbons (Fsp3) is 0.222. The molecule has 6 nitrogen and oxygen atoms in total. The van der Waals surface area contributed by atoms with E-state index in [9.17, 15) is 14.7 Å². The Labute approximate surface area is 140 Å². The molecule has 126 valence electrons. The van der Waals surface area contributed by atoms with E-state index in [4.69, 9.17) is 9.47 Å². The minimum absolute atomic E-state index is 0.106. The number of anilines is 1. The van der Waals surface area contributed by atoms with Crippen molar-refractivity contribution >= 4 is 17.6 Å². The van der Waals surface area contributed by atoms with Crippen LogP contribution in [0.2, 0.25) is 0 Å². The molecule has 2 aromatic carbocycles. The summed E-state index contributed by atoms with van der Waals surface area (Å²) >= 11 is 0. The standard InChI is InChI=1S/C18H19NO5/c1-12-3-6-16(9-13(12)2)23-10-17(20)19-14-4-7-15(8-5-14)24-11-18(21)22/h3-9H,10-11H2,1-2H3,(H,19,20)(H,21,22)/p-1. The summed E-state index contributed by atoms with van der Waals surface area (Å²) in [4.78, 5) is 22.2. The second-order valence-electron chi connectivity index (χ2n) is 5.27. The number of benzene rings is 2. The van der Waals surface area contributed by atoms with E-state index in [1.165, 1.54) is 0 Å². The van der Waals surface area contributed by atoms with E-state index in [1.54, 1.807) is 24.3 Å². The molecule has 0 heterocycles. The van der Waals surface area contributed by atoms with Gasteiger partial charge in [0.25, 0.3) is 5.91 Å². The highest BCUT2D eigenvalue weighted by molar-refractivity contribution is 5.91. The zero-order valence-corrected chi connectivity index (χ0v) is 13.5. The minimum atomic E-state index is -1.30. The Balaban J connectivity index is 1.83. The number of nitrogens with one attached hydrogen (secondary N) is 1. The van der Waals surface area contributed by atoms with Gasteiger partial charge in [0.05, 0.1) is 5.97 Å². The molecule has 0 saturated heterocycles. The summed E-state index contributed by atoms with van der Waals surface area (Å²) in [6, 6.07) is 12.0. The van der Waals surface area contributed by atoms with Crippen LogP contribution >= 0.6 is 0 Å². The number of rotatable bonds is 7. The lowest BCUT2D eigenvalue weighted by atomic mass is 10.1. The van der Waals surface area contributed by atoms with Crippen LogP contribution in [0.5, 0.6) is 11.5 Å². The summed E-state index contributed by atoms with van der Waals surface area (Å²) in [6.07, 6.45) is 0. The molecule has 0 aliphatic carbocycles. The lowest BCUT2D eigenvalue weighted by molar-refractivity contribution is -0.307. The molecule has 1 N–H and O–H groups in total. The number of carboxylic acid groups (broad SMARTS) is 1. The van der Waals surface area contributed by atoms with Crippen LogP contribution in [0.1, 0.15) is 11.1 Å². The highest BCUT2D eigenvalue weighted by Crippen LogP contribution is 2.17. The van der Waals surface area contributed by atoms with Crippen LogP contribution in [0.15, 0.2) is 42.5 Å². The lowest BCUT2D eigenvalue weighted by Gasteiger charge is -2.10. The number of aryl methyl sites for hydroxylation is 2. The second kappa shape index (κ2) is 8.01. The number of amides is 1. The fourth-order valence-corrected chi connectivity index (χ4v) is 1.93. The molecule has 1 amide bonds. The Morgan fingerprint density at radius 3 is 2.17 bits per heavy atom. The topological polar surface area (TPSA) is 87.7 Å². The molecule has 0 spiro atoms. The van der Waals surface area contributed by atoms with E-state index >= 15 is 0 Å². The van der Waals surface area contributed by atoms with Crippen molar-refractivity contribution in [1.29, 1.82) is 0 Å². The molecule has 0 atom stereocenters. The summed E-state index contributed by atoms with van der Waals surface area (Å²) in [7, 11) is 0. The Hall–Kier alpha value is -3.02. The van der Waals surface area contributed by atoms with E-state index in [0.29, 0.717) is 17.2 Å². The molecule has 0 aliphatic rings. The van der Waals surface area contributed by atoms with E-state index < -0.39 is 12.6 Å². The zero-order valence-electron chi connectivity index (χ0n) is 13.5. The average molecular weight is 328 g/mol. The van der Waals surface area contributed by atoms with Crippen molar-refractivity contribution in [2.75, 3.05) is 18.5 Å². The number of hydrogen-bond acceptors (Lipinski definition) is 5. The third-order valence-corrected chi connectivity index (χ3v) is 3.34. The average Bonchev–Trinajstić information content (AvgIpc) is 2.55. The molecular weight excluding hydrogens is 310 g/mol. The van der Waals surface area contributed by atoms with Crippen LogP contribution in [0.25, 0.3) is 0 Å². The maximum atomic E-state index is 11.9. The molecule has 0 aliphatic heterocycles. The summed E-state index contributed by atoms with van der Waals surface area (Å²) in [5, 5.41) is 13.0. The van der Waals surface area contributed by atoms with Gasteiger partial charge < -0.3 is 24.7 Å². The molecular formula is C18H18NO5-. The van der Waals surface area contributed by atoms with Crippen molar-refractivity contribution in [3.63, 3.8) is 0 Å². The Morgan fingerprint density at radius 2 is 1.54 bits per heavy atom. The van der Waals surface area contributed by atoms with Gasteiger partial charge in [-0.3, -0.25) is 4.79 Å².